The number of anilines is 1. The predicted molar refractivity (Wildman–Crippen MR) is 64.8 cm³/mol. The van der Waals surface area contributed by atoms with E-state index in [2.05, 4.69) is 19.9 Å². The molecule has 0 amide bonds. The highest BCUT2D eigenvalue weighted by molar-refractivity contribution is 5.70. The van der Waals surface area contributed by atoms with Crippen molar-refractivity contribution in [1.29, 1.82) is 0 Å². The Kier molecular flexibility index (Phi) is 2.60. The average Bonchev–Trinajstić information content (AvgIpc) is 2.39. The molecule has 5 heteroatoms. The quantitative estimate of drug-likeness (QED) is 0.791. The number of nitrogens with zero attached hydrogens (tertiary/aromatic N) is 4. The molecule has 2 aromatic heterocycles. The van der Waals surface area contributed by atoms with Crippen LogP contribution in [0.1, 0.15) is 12.8 Å². The summed E-state index contributed by atoms with van der Waals surface area (Å²) in [5.41, 5.74) is 1.49. The van der Waals surface area contributed by atoms with Crippen LogP contribution in [-0.2, 0) is 0 Å². The number of rotatable bonds is 1. The van der Waals surface area contributed by atoms with Crippen molar-refractivity contribution in [3.05, 3.63) is 24.5 Å². The summed E-state index contributed by atoms with van der Waals surface area (Å²) >= 11 is 0. The van der Waals surface area contributed by atoms with Gasteiger partial charge in [0.1, 0.15) is 11.3 Å². The zero-order chi connectivity index (χ0) is 11.7. The van der Waals surface area contributed by atoms with Gasteiger partial charge in [0.2, 0.25) is 0 Å². The number of hydrogen-bond acceptors (Lipinski definition) is 5. The lowest BCUT2D eigenvalue weighted by atomic mass is 10.1. The summed E-state index contributed by atoms with van der Waals surface area (Å²) in [6, 6.07) is 3.76. The number of aliphatic hydroxyl groups is 1. The lowest BCUT2D eigenvalue weighted by Crippen LogP contribution is -2.36. The molecule has 1 aliphatic heterocycles. The second-order valence-corrected chi connectivity index (χ2v) is 4.29. The van der Waals surface area contributed by atoms with Gasteiger partial charge >= 0.3 is 0 Å². The van der Waals surface area contributed by atoms with Gasteiger partial charge in [0, 0.05) is 19.3 Å². The fraction of sp³-hybridized carbons (Fsp3) is 0.417. The number of piperidine rings is 1. The van der Waals surface area contributed by atoms with Gasteiger partial charge in [0.05, 0.1) is 12.3 Å². The van der Waals surface area contributed by atoms with E-state index in [1.54, 1.807) is 12.4 Å². The topological polar surface area (TPSA) is 62.1 Å². The molecule has 2 aromatic rings. The molecule has 0 radical (unpaired) electrons. The van der Waals surface area contributed by atoms with Crippen molar-refractivity contribution in [3.63, 3.8) is 0 Å². The second-order valence-electron chi connectivity index (χ2n) is 4.29. The lowest BCUT2D eigenvalue weighted by molar-refractivity contribution is 0.145. The van der Waals surface area contributed by atoms with Crippen molar-refractivity contribution in [2.24, 2.45) is 0 Å². The second kappa shape index (κ2) is 4.25. The lowest BCUT2D eigenvalue weighted by Gasteiger charge is -2.30. The Hall–Kier alpha value is -1.75. The first-order valence-electron chi connectivity index (χ1n) is 5.84. The molecule has 1 saturated heterocycles. The van der Waals surface area contributed by atoms with Gasteiger partial charge in [-0.3, -0.25) is 0 Å². The van der Waals surface area contributed by atoms with Crippen LogP contribution >= 0.6 is 0 Å². The Labute approximate surface area is 99.1 Å². The van der Waals surface area contributed by atoms with Gasteiger partial charge in [0.15, 0.2) is 5.65 Å². The van der Waals surface area contributed by atoms with Crippen molar-refractivity contribution in [3.8, 4) is 0 Å². The van der Waals surface area contributed by atoms with Crippen molar-refractivity contribution in [1.82, 2.24) is 15.0 Å². The van der Waals surface area contributed by atoms with Crippen LogP contribution in [0.3, 0.4) is 0 Å². The first kappa shape index (κ1) is 10.4. The number of fused-ring (bicyclic) bond motifs is 1. The highest BCUT2D eigenvalue weighted by Crippen LogP contribution is 2.18. The Morgan fingerprint density at radius 2 is 2.06 bits per heavy atom. The molecule has 3 rings (SSSR count). The fourth-order valence-electron chi connectivity index (χ4n) is 2.09. The number of aliphatic hydroxyl groups excluding tert-OH is 1. The molecule has 0 aromatic carbocycles. The van der Waals surface area contributed by atoms with Crippen LogP contribution in [0.4, 0.5) is 5.82 Å². The van der Waals surface area contributed by atoms with E-state index in [4.69, 9.17) is 0 Å². The summed E-state index contributed by atoms with van der Waals surface area (Å²) < 4.78 is 0. The molecular formula is C12H14N4O. The number of pyridine rings is 1. The third kappa shape index (κ3) is 2.06. The maximum Gasteiger partial charge on any atom is 0.180 e. The normalized spacial score (nSPS) is 17.6. The van der Waals surface area contributed by atoms with E-state index >= 15 is 0 Å². The maximum absolute atomic E-state index is 9.47. The van der Waals surface area contributed by atoms with Crippen LogP contribution in [0.25, 0.3) is 11.2 Å². The average molecular weight is 230 g/mol. The molecular weight excluding hydrogens is 216 g/mol. The summed E-state index contributed by atoms with van der Waals surface area (Å²) in [6.07, 6.45) is 4.92. The highest BCUT2D eigenvalue weighted by atomic mass is 16.3. The van der Waals surface area contributed by atoms with E-state index in [9.17, 15) is 5.11 Å². The maximum atomic E-state index is 9.47. The molecule has 0 bridgehead atoms. The monoisotopic (exact) mass is 230 g/mol. The van der Waals surface area contributed by atoms with Crippen LogP contribution in [0.15, 0.2) is 24.5 Å². The van der Waals surface area contributed by atoms with Crippen LogP contribution < -0.4 is 4.90 Å². The van der Waals surface area contributed by atoms with Gasteiger partial charge in [-0.05, 0) is 25.0 Å². The Morgan fingerprint density at radius 3 is 2.88 bits per heavy atom. The van der Waals surface area contributed by atoms with E-state index in [1.807, 2.05) is 12.1 Å². The van der Waals surface area contributed by atoms with E-state index in [0.29, 0.717) is 5.65 Å². The van der Waals surface area contributed by atoms with Gasteiger partial charge < -0.3 is 10.0 Å². The molecule has 1 fully saturated rings. The molecule has 0 atom stereocenters. The highest BCUT2D eigenvalue weighted by Gasteiger charge is 2.18. The zero-order valence-corrected chi connectivity index (χ0v) is 9.45. The van der Waals surface area contributed by atoms with Crippen LogP contribution in [0, 0.1) is 0 Å². The van der Waals surface area contributed by atoms with Crippen LogP contribution in [-0.4, -0.2) is 39.3 Å². The molecule has 0 spiro atoms. The molecule has 17 heavy (non-hydrogen) atoms. The first-order valence-corrected chi connectivity index (χ1v) is 5.84. The summed E-state index contributed by atoms with van der Waals surface area (Å²) in [5, 5.41) is 9.47. The third-order valence-corrected chi connectivity index (χ3v) is 3.09. The van der Waals surface area contributed by atoms with E-state index in [1.165, 1.54) is 0 Å². The third-order valence-electron chi connectivity index (χ3n) is 3.09. The van der Waals surface area contributed by atoms with Gasteiger partial charge in [-0.2, -0.15) is 0 Å². The minimum Gasteiger partial charge on any atom is -0.393 e. The molecule has 1 N–H and O–H groups in total. The fourth-order valence-corrected chi connectivity index (χ4v) is 2.09. The molecule has 0 aliphatic carbocycles. The Morgan fingerprint density at radius 1 is 1.24 bits per heavy atom. The minimum absolute atomic E-state index is 0.169. The minimum atomic E-state index is -0.169. The van der Waals surface area contributed by atoms with E-state index in [0.717, 1.165) is 37.3 Å². The summed E-state index contributed by atoms with van der Waals surface area (Å²) in [7, 11) is 0. The van der Waals surface area contributed by atoms with E-state index in [-0.39, 0.29) is 6.10 Å². The van der Waals surface area contributed by atoms with Gasteiger partial charge in [-0.25, -0.2) is 15.0 Å². The molecule has 5 nitrogen and oxygen atoms in total. The Bertz CT molecular complexity index is 523. The standard InChI is InChI=1S/C12H14N4O/c17-9-3-6-16(7-4-9)11-8-14-10-2-1-5-13-12(10)15-11/h1-2,5,8-9,17H,3-4,6-7H2. The van der Waals surface area contributed by atoms with Crippen molar-refractivity contribution in [2.45, 2.75) is 18.9 Å². The van der Waals surface area contributed by atoms with E-state index < -0.39 is 0 Å². The molecule has 0 unspecified atom stereocenters. The zero-order valence-electron chi connectivity index (χ0n) is 9.45. The summed E-state index contributed by atoms with van der Waals surface area (Å²) in [5.74, 6) is 0.850. The van der Waals surface area contributed by atoms with Gasteiger partial charge in [0.25, 0.3) is 0 Å². The molecule has 1 aliphatic rings. The van der Waals surface area contributed by atoms with Crippen LogP contribution in [0.2, 0.25) is 0 Å². The molecule has 3 heterocycles. The van der Waals surface area contributed by atoms with Gasteiger partial charge in [-0.15, -0.1) is 0 Å². The van der Waals surface area contributed by atoms with Crippen molar-refractivity contribution >= 4 is 17.0 Å². The van der Waals surface area contributed by atoms with Crippen molar-refractivity contribution < 1.29 is 5.11 Å². The van der Waals surface area contributed by atoms with Gasteiger partial charge in [-0.1, -0.05) is 0 Å². The number of hydrogen-bond donors (Lipinski definition) is 1. The first-order chi connectivity index (χ1) is 8.33. The largest absolute Gasteiger partial charge is 0.393 e. The SMILES string of the molecule is OC1CCN(c2cnc3cccnc3n2)CC1. The smallest absolute Gasteiger partial charge is 0.180 e. The number of aromatic nitrogens is 3. The van der Waals surface area contributed by atoms with Crippen LogP contribution in [0.5, 0.6) is 0 Å². The predicted octanol–water partition coefficient (Wildman–Crippen LogP) is 0.986. The van der Waals surface area contributed by atoms with Crippen molar-refractivity contribution in [2.75, 3.05) is 18.0 Å². The molecule has 88 valence electrons. The Balaban J connectivity index is 1.90. The summed E-state index contributed by atoms with van der Waals surface area (Å²) in [6.45, 7) is 1.66. The summed E-state index contributed by atoms with van der Waals surface area (Å²) in [4.78, 5) is 15.2. The molecule has 0 saturated carbocycles.